The van der Waals surface area contributed by atoms with Crippen LogP contribution in [0.1, 0.15) is 33.1 Å². The van der Waals surface area contributed by atoms with Crippen molar-refractivity contribution >= 4 is 0 Å². The Morgan fingerprint density at radius 3 is 2.27 bits per heavy atom. The van der Waals surface area contributed by atoms with Crippen LogP contribution < -0.4 is 0 Å². The van der Waals surface area contributed by atoms with Gasteiger partial charge < -0.3 is 4.90 Å². The second kappa shape index (κ2) is 4.42. The van der Waals surface area contributed by atoms with E-state index in [0.717, 1.165) is 0 Å². The summed E-state index contributed by atoms with van der Waals surface area (Å²) in [6, 6.07) is 0. The largest absolute Gasteiger partial charge is 0.378 e. The molecule has 1 heteroatoms. The molecule has 1 saturated heterocycles. The van der Waals surface area contributed by atoms with Gasteiger partial charge in [-0.2, -0.15) is 0 Å². The molecule has 11 heavy (non-hydrogen) atoms. The minimum absolute atomic E-state index is 0.692. The molecule has 0 spiro atoms. The van der Waals surface area contributed by atoms with Crippen LogP contribution in [0.4, 0.5) is 0 Å². The van der Waals surface area contributed by atoms with E-state index in [4.69, 9.17) is 0 Å². The quantitative estimate of drug-likeness (QED) is 0.589. The molecule has 1 fully saturated rings. The Balaban J connectivity index is 2.23. The summed E-state index contributed by atoms with van der Waals surface area (Å²) in [4.78, 5) is 2.43. The first-order valence-electron chi connectivity index (χ1n) is 4.71. The molecule has 0 unspecified atom stereocenters. The standard InChI is InChI=1S/C10H19N/c1-10(2)6-9-11-7-4-3-5-8-11/h6,9-10H,3-5,7-8H2,1-2H3/b9-6+. The van der Waals surface area contributed by atoms with Crippen molar-refractivity contribution in [2.24, 2.45) is 5.92 Å². The fourth-order valence-corrected chi connectivity index (χ4v) is 1.36. The van der Waals surface area contributed by atoms with E-state index in [1.807, 2.05) is 0 Å². The van der Waals surface area contributed by atoms with E-state index in [1.54, 1.807) is 0 Å². The van der Waals surface area contributed by atoms with Gasteiger partial charge in [-0.05, 0) is 31.4 Å². The molecular formula is C10H19N. The van der Waals surface area contributed by atoms with Gasteiger partial charge in [-0.1, -0.05) is 19.9 Å². The summed E-state index contributed by atoms with van der Waals surface area (Å²) in [7, 11) is 0. The van der Waals surface area contributed by atoms with Gasteiger partial charge in [0.2, 0.25) is 0 Å². The van der Waals surface area contributed by atoms with Crippen LogP contribution in [0.3, 0.4) is 0 Å². The molecule has 1 aliphatic rings. The number of hydrogen-bond donors (Lipinski definition) is 0. The van der Waals surface area contributed by atoms with Crippen LogP contribution in [0.15, 0.2) is 12.3 Å². The zero-order chi connectivity index (χ0) is 8.10. The topological polar surface area (TPSA) is 3.24 Å². The fourth-order valence-electron chi connectivity index (χ4n) is 1.36. The van der Waals surface area contributed by atoms with Gasteiger partial charge in [0.25, 0.3) is 0 Å². The highest BCUT2D eigenvalue weighted by atomic mass is 15.1. The average Bonchev–Trinajstić information content (AvgIpc) is 2.03. The van der Waals surface area contributed by atoms with Gasteiger partial charge in [-0.15, -0.1) is 0 Å². The lowest BCUT2D eigenvalue weighted by Crippen LogP contribution is -2.24. The Morgan fingerprint density at radius 1 is 1.09 bits per heavy atom. The minimum Gasteiger partial charge on any atom is -0.378 e. The van der Waals surface area contributed by atoms with Crippen molar-refractivity contribution in [2.45, 2.75) is 33.1 Å². The summed E-state index contributed by atoms with van der Waals surface area (Å²) in [5, 5.41) is 0. The molecule has 0 aromatic rings. The Bertz CT molecular complexity index is 121. The summed E-state index contributed by atoms with van der Waals surface area (Å²) >= 11 is 0. The van der Waals surface area contributed by atoms with Gasteiger partial charge >= 0.3 is 0 Å². The van der Waals surface area contributed by atoms with Crippen molar-refractivity contribution in [1.82, 2.24) is 4.90 Å². The number of piperidine rings is 1. The highest BCUT2D eigenvalue weighted by Gasteiger charge is 2.04. The first-order chi connectivity index (χ1) is 5.29. The molecule has 1 aliphatic heterocycles. The molecule has 0 N–H and O–H groups in total. The van der Waals surface area contributed by atoms with Crippen molar-refractivity contribution in [2.75, 3.05) is 13.1 Å². The third-order valence-corrected chi connectivity index (χ3v) is 2.07. The lowest BCUT2D eigenvalue weighted by molar-refractivity contribution is 0.308. The zero-order valence-corrected chi connectivity index (χ0v) is 7.71. The number of likely N-dealkylation sites (tertiary alicyclic amines) is 1. The Morgan fingerprint density at radius 2 is 1.73 bits per heavy atom. The SMILES string of the molecule is CC(C)/C=C/N1CCCCC1. The highest BCUT2D eigenvalue weighted by molar-refractivity contribution is 4.86. The summed E-state index contributed by atoms with van der Waals surface area (Å²) in [6.45, 7) is 6.98. The average molecular weight is 153 g/mol. The van der Waals surface area contributed by atoms with Gasteiger partial charge in [-0.25, -0.2) is 0 Å². The monoisotopic (exact) mass is 153 g/mol. The predicted octanol–water partition coefficient (Wildman–Crippen LogP) is 2.64. The Hall–Kier alpha value is -0.460. The first-order valence-corrected chi connectivity index (χ1v) is 4.71. The molecular weight excluding hydrogens is 134 g/mol. The van der Waals surface area contributed by atoms with Crippen molar-refractivity contribution in [1.29, 1.82) is 0 Å². The van der Waals surface area contributed by atoms with E-state index in [9.17, 15) is 0 Å². The van der Waals surface area contributed by atoms with Crippen molar-refractivity contribution in [3.63, 3.8) is 0 Å². The van der Waals surface area contributed by atoms with Crippen molar-refractivity contribution in [3.05, 3.63) is 12.3 Å². The number of allylic oxidation sites excluding steroid dienone is 1. The normalized spacial score (nSPS) is 20.1. The van der Waals surface area contributed by atoms with E-state index < -0.39 is 0 Å². The lowest BCUT2D eigenvalue weighted by Gasteiger charge is -2.24. The van der Waals surface area contributed by atoms with Gasteiger partial charge in [0.1, 0.15) is 0 Å². The van der Waals surface area contributed by atoms with Crippen LogP contribution in [0.5, 0.6) is 0 Å². The first kappa shape index (κ1) is 8.63. The van der Waals surface area contributed by atoms with Gasteiger partial charge in [0.05, 0.1) is 0 Å². The van der Waals surface area contributed by atoms with Gasteiger partial charge in [-0.3, -0.25) is 0 Å². The van der Waals surface area contributed by atoms with Crippen LogP contribution in [0.2, 0.25) is 0 Å². The van der Waals surface area contributed by atoms with Crippen molar-refractivity contribution < 1.29 is 0 Å². The van der Waals surface area contributed by atoms with Crippen LogP contribution >= 0.6 is 0 Å². The molecule has 0 aliphatic carbocycles. The Labute approximate surface area is 70.1 Å². The summed E-state index contributed by atoms with van der Waals surface area (Å²) in [6.07, 6.45) is 8.73. The van der Waals surface area contributed by atoms with Gasteiger partial charge in [0, 0.05) is 13.1 Å². The zero-order valence-electron chi connectivity index (χ0n) is 7.71. The summed E-state index contributed by atoms with van der Waals surface area (Å²) in [5.41, 5.74) is 0. The third kappa shape index (κ3) is 3.45. The van der Waals surface area contributed by atoms with E-state index >= 15 is 0 Å². The number of rotatable bonds is 2. The van der Waals surface area contributed by atoms with Crippen LogP contribution in [0.25, 0.3) is 0 Å². The molecule has 0 radical (unpaired) electrons. The lowest BCUT2D eigenvalue weighted by atomic mass is 10.1. The molecule has 0 amide bonds. The number of nitrogens with zero attached hydrogens (tertiary/aromatic N) is 1. The van der Waals surface area contributed by atoms with Crippen LogP contribution in [-0.4, -0.2) is 18.0 Å². The minimum atomic E-state index is 0.692. The second-order valence-corrected chi connectivity index (χ2v) is 3.68. The van der Waals surface area contributed by atoms with E-state index in [1.165, 1.54) is 32.4 Å². The maximum atomic E-state index is 2.43. The number of hydrogen-bond acceptors (Lipinski definition) is 1. The summed E-state index contributed by atoms with van der Waals surface area (Å²) < 4.78 is 0. The van der Waals surface area contributed by atoms with Crippen LogP contribution in [0, 0.1) is 5.92 Å². The van der Waals surface area contributed by atoms with E-state index in [2.05, 4.69) is 31.0 Å². The molecule has 0 aromatic heterocycles. The third-order valence-electron chi connectivity index (χ3n) is 2.07. The molecule has 0 bridgehead atoms. The predicted molar refractivity (Wildman–Crippen MR) is 49.4 cm³/mol. The molecule has 1 rings (SSSR count). The maximum Gasteiger partial charge on any atom is 0.0172 e. The maximum absolute atomic E-state index is 2.43. The smallest absolute Gasteiger partial charge is 0.0172 e. The molecule has 64 valence electrons. The molecule has 1 heterocycles. The van der Waals surface area contributed by atoms with Gasteiger partial charge in [0.15, 0.2) is 0 Å². The molecule has 0 saturated carbocycles. The molecule has 0 atom stereocenters. The highest BCUT2D eigenvalue weighted by Crippen LogP contribution is 2.09. The molecule has 0 aromatic carbocycles. The Kier molecular flexibility index (Phi) is 3.47. The van der Waals surface area contributed by atoms with E-state index in [0.29, 0.717) is 5.92 Å². The molecule has 1 nitrogen and oxygen atoms in total. The van der Waals surface area contributed by atoms with Crippen molar-refractivity contribution in [3.8, 4) is 0 Å². The second-order valence-electron chi connectivity index (χ2n) is 3.68. The van der Waals surface area contributed by atoms with Crippen LogP contribution in [-0.2, 0) is 0 Å². The fraction of sp³-hybridized carbons (Fsp3) is 0.800. The summed E-state index contributed by atoms with van der Waals surface area (Å²) in [5.74, 6) is 0.692. The van der Waals surface area contributed by atoms with E-state index in [-0.39, 0.29) is 0 Å².